The van der Waals surface area contributed by atoms with E-state index in [9.17, 15) is 9.59 Å². The lowest BCUT2D eigenvalue weighted by atomic mass is 10.1. The van der Waals surface area contributed by atoms with E-state index in [1.807, 2.05) is 16.3 Å². The molecule has 4 rings (SSSR count). The number of hydrogen-bond acceptors (Lipinski definition) is 6. The van der Waals surface area contributed by atoms with Gasteiger partial charge in [0.05, 0.1) is 9.35 Å². The van der Waals surface area contributed by atoms with E-state index in [0.29, 0.717) is 48.3 Å². The van der Waals surface area contributed by atoms with Crippen LogP contribution in [-0.2, 0) is 0 Å². The topological polar surface area (TPSA) is 78.4 Å². The molecule has 0 unspecified atom stereocenters. The predicted molar refractivity (Wildman–Crippen MR) is 117 cm³/mol. The van der Waals surface area contributed by atoms with Gasteiger partial charge >= 0.3 is 0 Å². The summed E-state index contributed by atoms with van der Waals surface area (Å²) in [4.78, 5) is 38.3. The number of nitrogens with one attached hydrogen (secondary N) is 1. The average molecular weight is 472 g/mol. The maximum atomic E-state index is 12.9. The zero-order valence-corrected chi connectivity index (χ0v) is 17.8. The summed E-state index contributed by atoms with van der Waals surface area (Å²) in [5.74, 6) is 0.444. The Kier molecular flexibility index (Phi) is 5.86. The maximum absolute atomic E-state index is 12.9. The van der Waals surface area contributed by atoms with Crippen molar-refractivity contribution >= 4 is 50.7 Å². The Bertz CT molecular complexity index is 1000. The van der Waals surface area contributed by atoms with E-state index in [1.54, 1.807) is 42.7 Å². The van der Waals surface area contributed by atoms with E-state index < -0.39 is 0 Å². The summed E-state index contributed by atoms with van der Waals surface area (Å²) in [6, 6.07) is 10.7. The lowest BCUT2D eigenvalue weighted by Crippen LogP contribution is -2.49. The average Bonchev–Trinajstić information content (AvgIpc) is 3.29. The molecule has 3 aromatic rings. The first kappa shape index (κ1) is 19.5. The molecule has 1 saturated heterocycles. The van der Waals surface area contributed by atoms with Crippen LogP contribution in [0.4, 0.5) is 11.6 Å². The summed E-state index contributed by atoms with van der Waals surface area (Å²) in [6.45, 7) is 2.51. The van der Waals surface area contributed by atoms with Crippen LogP contribution in [0.3, 0.4) is 0 Å². The van der Waals surface area contributed by atoms with Gasteiger partial charge in [-0.05, 0) is 45.6 Å². The van der Waals surface area contributed by atoms with Gasteiger partial charge in [-0.15, -0.1) is 11.3 Å². The fourth-order valence-corrected chi connectivity index (χ4v) is 3.92. The number of rotatable bonds is 4. The number of thiophene rings is 1. The van der Waals surface area contributed by atoms with Crippen molar-refractivity contribution in [3.05, 3.63) is 69.1 Å². The number of halogens is 1. The lowest BCUT2D eigenvalue weighted by Gasteiger charge is -2.34. The number of hydrogen-bond donors (Lipinski definition) is 1. The van der Waals surface area contributed by atoms with Crippen LogP contribution in [0.2, 0.25) is 0 Å². The smallest absolute Gasteiger partial charge is 0.265 e. The third-order valence-corrected chi connectivity index (χ3v) is 5.85. The number of carbonyl (C=O) groups excluding carboxylic acids is 2. The Morgan fingerprint density at radius 2 is 1.79 bits per heavy atom. The molecule has 0 atom stereocenters. The highest BCUT2D eigenvalue weighted by Gasteiger charge is 2.23. The number of nitrogens with zero attached hydrogens (tertiary/aromatic N) is 4. The summed E-state index contributed by atoms with van der Waals surface area (Å²) in [5, 5.41) is 4.70. The number of piperazine rings is 1. The van der Waals surface area contributed by atoms with Gasteiger partial charge in [0.2, 0.25) is 5.95 Å². The first-order chi connectivity index (χ1) is 14.1. The van der Waals surface area contributed by atoms with Crippen molar-refractivity contribution < 1.29 is 9.59 Å². The molecule has 1 fully saturated rings. The molecule has 0 aliphatic carbocycles. The van der Waals surface area contributed by atoms with Gasteiger partial charge in [-0.3, -0.25) is 9.59 Å². The number of aromatic nitrogens is 2. The van der Waals surface area contributed by atoms with Gasteiger partial charge in [-0.2, -0.15) is 0 Å². The van der Waals surface area contributed by atoms with E-state index in [4.69, 9.17) is 0 Å². The second kappa shape index (κ2) is 8.71. The minimum absolute atomic E-state index is 0.0476. The van der Waals surface area contributed by atoms with Crippen LogP contribution in [-0.4, -0.2) is 52.9 Å². The summed E-state index contributed by atoms with van der Waals surface area (Å²) in [7, 11) is 0. The molecule has 148 valence electrons. The van der Waals surface area contributed by atoms with Crippen LogP contribution in [0, 0.1) is 0 Å². The molecule has 0 spiro atoms. The Hall–Kier alpha value is -2.78. The van der Waals surface area contributed by atoms with Crippen molar-refractivity contribution in [3.8, 4) is 0 Å². The largest absolute Gasteiger partial charge is 0.337 e. The first-order valence-corrected chi connectivity index (χ1v) is 10.7. The predicted octanol–water partition coefficient (Wildman–Crippen LogP) is 3.52. The van der Waals surface area contributed by atoms with E-state index in [0.717, 1.165) is 4.47 Å². The zero-order chi connectivity index (χ0) is 20.2. The highest BCUT2D eigenvalue weighted by atomic mass is 79.9. The molecule has 29 heavy (non-hydrogen) atoms. The maximum Gasteiger partial charge on any atom is 0.265 e. The molecular weight excluding hydrogens is 454 g/mol. The van der Waals surface area contributed by atoms with Crippen molar-refractivity contribution in [1.29, 1.82) is 0 Å². The quantitative estimate of drug-likeness (QED) is 0.629. The number of carbonyl (C=O) groups is 2. The molecule has 1 aromatic carbocycles. The van der Waals surface area contributed by atoms with E-state index in [-0.39, 0.29) is 11.8 Å². The SMILES string of the molecule is O=C(Nc1cccc(C(=O)N2CCN(c3ncc(Br)cn3)CC2)c1)c1cccs1. The normalized spacial score (nSPS) is 14.0. The fourth-order valence-electron chi connectivity index (χ4n) is 3.09. The highest BCUT2D eigenvalue weighted by Crippen LogP contribution is 2.18. The van der Waals surface area contributed by atoms with E-state index in [2.05, 4.69) is 36.1 Å². The summed E-state index contributed by atoms with van der Waals surface area (Å²) in [6.07, 6.45) is 3.44. The molecule has 1 aliphatic rings. The summed E-state index contributed by atoms with van der Waals surface area (Å²) >= 11 is 4.71. The van der Waals surface area contributed by atoms with Crippen molar-refractivity contribution in [1.82, 2.24) is 14.9 Å². The lowest BCUT2D eigenvalue weighted by molar-refractivity contribution is 0.0746. The third kappa shape index (κ3) is 4.63. The van der Waals surface area contributed by atoms with Crippen molar-refractivity contribution in [2.24, 2.45) is 0 Å². The molecule has 3 heterocycles. The monoisotopic (exact) mass is 471 g/mol. The van der Waals surface area contributed by atoms with Gasteiger partial charge in [0.25, 0.3) is 11.8 Å². The number of anilines is 2. The zero-order valence-electron chi connectivity index (χ0n) is 15.4. The van der Waals surface area contributed by atoms with Crippen molar-refractivity contribution in [3.63, 3.8) is 0 Å². The summed E-state index contributed by atoms with van der Waals surface area (Å²) in [5.41, 5.74) is 1.17. The third-order valence-electron chi connectivity index (χ3n) is 4.57. The minimum Gasteiger partial charge on any atom is -0.337 e. The Morgan fingerprint density at radius 3 is 2.48 bits per heavy atom. The van der Waals surface area contributed by atoms with Crippen LogP contribution < -0.4 is 10.2 Å². The van der Waals surface area contributed by atoms with Crippen LogP contribution in [0.25, 0.3) is 0 Å². The van der Waals surface area contributed by atoms with Gasteiger partial charge in [-0.1, -0.05) is 12.1 Å². The molecule has 1 aliphatic heterocycles. The second-order valence-corrected chi connectivity index (χ2v) is 8.36. The van der Waals surface area contributed by atoms with Gasteiger partial charge in [0, 0.05) is 49.8 Å². The minimum atomic E-state index is -0.173. The Morgan fingerprint density at radius 1 is 1.03 bits per heavy atom. The first-order valence-electron chi connectivity index (χ1n) is 9.07. The fraction of sp³-hybridized carbons (Fsp3) is 0.200. The Balaban J connectivity index is 1.38. The highest BCUT2D eigenvalue weighted by molar-refractivity contribution is 9.10. The molecule has 0 saturated carbocycles. The van der Waals surface area contributed by atoms with Crippen molar-refractivity contribution in [2.75, 3.05) is 36.4 Å². The molecule has 0 radical (unpaired) electrons. The van der Waals surface area contributed by atoms with Gasteiger partial charge in [-0.25, -0.2) is 9.97 Å². The van der Waals surface area contributed by atoms with Crippen LogP contribution in [0.15, 0.2) is 58.6 Å². The van der Waals surface area contributed by atoms with Gasteiger partial charge in [0.1, 0.15) is 0 Å². The molecule has 2 amide bonds. The van der Waals surface area contributed by atoms with Crippen LogP contribution >= 0.6 is 27.3 Å². The van der Waals surface area contributed by atoms with E-state index in [1.165, 1.54) is 11.3 Å². The molecular formula is C20H18BrN5O2S. The summed E-state index contributed by atoms with van der Waals surface area (Å²) < 4.78 is 0.834. The second-order valence-electron chi connectivity index (χ2n) is 6.49. The number of amides is 2. The van der Waals surface area contributed by atoms with E-state index >= 15 is 0 Å². The van der Waals surface area contributed by atoms with Gasteiger partial charge in [0.15, 0.2) is 0 Å². The molecule has 1 N–H and O–H groups in total. The van der Waals surface area contributed by atoms with Crippen molar-refractivity contribution in [2.45, 2.75) is 0 Å². The molecule has 9 heteroatoms. The van der Waals surface area contributed by atoms with Gasteiger partial charge < -0.3 is 15.1 Å². The Labute approximate surface area is 180 Å². The molecule has 2 aromatic heterocycles. The van der Waals surface area contributed by atoms with Crippen LogP contribution in [0.1, 0.15) is 20.0 Å². The molecule has 0 bridgehead atoms. The molecule has 7 nitrogen and oxygen atoms in total. The van der Waals surface area contributed by atoms with Crippen LogP contribution in [0.5, 0.6) is 0 Å². The number of benzene rings is 1. The standard InChI is InChI=1S/C20H18BrN5O2S/c21-15-12-22-20(23-13-15)26-8-6-25(7-9-26)19(28)14-3-1-4-16(11-14)24-18(27)17-5-2-10-29-17/h1-5,10-13H,6-9H2,(H,24,27).